The lowest BCUT2D eigenvalue weighted by molar-refractivity contribution is -0.189. The number of nitrogen functional groups attached to an aromatic ring is 1. The maximum Gasteiger partial charge on any atom is 0.393 e. The van der Waals surface area contributed by atoms with Crippen molar-refractivity contribution < 1.29 is 13.2 Å². The molecule has 2 heterocycles. The number of alkyl halides is 3. The van der Waals surface area contributed by atoms with Gasteiger partial charge in [-0.1, -0.05) is 0 Å². The fourth-order valence-electron chi connectivity index (χ4n) is 4.57. The summed E-state index contributed by atoms with van der Waals surface area (Å²) in [6, 6.07) is 6.08. The number of halogens is 3. The van der Waals surface area contributed by atoms with Crippen LogP contribution in [-0.4, -0.2) is 46.2 Å². The number of piperidine rings is 1. The second-order valence-corrected chi connectivity index (χ2v) is 8.02. The van der Waals surface area contributed by atoms with E-state index in [1.54, 1.807) is 0 Å². The predicted molar refractivity (Wildman–Crippen MR) is 104 cm³/mol. The Morgan fingerprint density at radius 1 is 1.07 bits per heavy atom. The van der Waals surface area contributed by atoms with Crippen molar-refractivity contribution in [3.63, 3.8) is 0 Å². The molecule has 5 nitrogen and oxygen atoms in total. The summed E-state index contributed by atoms with van der Waals surface area (Å²) in [7, 11) is 0. The van der Waals surface area contributed by atoms with Crippen molar-refractivity contribution in [1.82, 2.24) is 14.9 Å². The molecule has 0 amide bonds. The Labute approximate surface area is 162 Å². The Hall–Kier alpha value is -2.09. The van der Waals surface area contributed by atoms with E-state index in [9.17, 15) is 13.2 Å². The first-order valence-electron chi connectivity index (χ1n) is 9.97. The first kappa shape index (κ1) is 19.2. The van der Waals surface area contributed by atoms with Crippen LogP contribution in [0.25, 0.3) is 10.9 Å². The molecule has 1 saturated heterocycles. The second-order valence-electron chi connectivity index (χ2n) is 8.02. The summed E-state index contributed by atoms with van der Waals surface area (Å²) in [4.78, 5) is 10.7. The van der Waals surface area contributed by atoms with Gasteiger partial charge in [0.1, 0.15) is 12.1 Å². The average molecular weight is 393 g/mol. The lowest BCUT2D eigenvalue weighted by Crippen LogP contribution is -2.48. The zero-order chi connectivity index (χ0) is 19.7. The standard InChI is InChI=1S/C20H26F3N5/c21-20(22,23)13-2-1-9-28(11-13)16-6-4-15(5-7-16)27-19-17-10-14(24)3-8-18(17)25-12-26-19/h3,8,10,12-13,15-16H,1-2,4-7,9,11,24H2,(H,25,26,27). The number of nitrogens with zero attached hydrogens (tertiary/aromatic N) is 3. The van der Waals surface area contributed by atoms with Crippen LogP contribution in [-0.2, 0) is 0 Å². The van der Waals surface area contributed by atoms with Gasteiger partial charge in [-0.05, 0) is 63.3 Å². The number of nitrogens with one attached hydrogen (secondary N) is 1. The van der Waals surface area contributed by atoms with Crippen LogP contribution in [0.4, 0.5) is 24.7 Å². The minimum Gasteiger partial charge on any atom is -0.399 e. The minimum absolute atomic E-state index is 0.155. The molecule has 1 unspecified atom stereocenters. The molecule has 0 radical (unpaired) electrons. The molecule has 2 fully saturated rings. The third-order valence-corrected chi connectivity index (χ3v) is 6.13. The topological polar surface area (TPSA) is 67.1 Å². The molecular weight excluding hydrogens is 367 g/mol. The number of rotatable bonds is 3. The normalized spacial score (nSPS) is 27.0. The van der Waals surface area contributed by atoms with E-state index in [-0.39, 0.29) is 25.0 Å². The summed E-state index contributed by atoms with van der Waals surface area (Å²) in [6.45, 7) is 0.938. The molecule has 2 aliphatic rings. The smallest absolute Gasteiger partial charge is 0.393 e. The number of hydrogen-bond acceptors (Lipinski definition) is 5. The van der Waals surface area contributed by atoms with E-state index in [1.807, 2.05) is 18.2 Å². The van der Waals surface area contributed by atoms with Crippen molar-refractivity contribution in [3.05, 3.63) is 24.5 Å². The fraction of sp³-hybridized carbons (Fsp3) is 0.600. The molecule has 2 aromatic rings. The molecule has 1 aliphatic heterocycles. The zero-order valence-electron chi connectivity index (χ0n) is 15.8. The maximum atomic E-state index is 13.1. The Morgan fingerprint density at radius 2 is 1.86 bits per heavy atom. The third kappa shape index (κ3) is 4.16. The molecule has 152 valence electrons. The van der Waals surface area contributed by atoms with E-state index in [1.165, 1.54) is 6.33 Å². The number of likely N-dealkylation sites (tertiary alicyclic amines) is 1. The van der Waals surface area contributed by atoms with E-state index >= 15 is 0 Å². The highest BCUT2D eigenvalue weighted by Gasteiger charge is 2.43. The molecule has 1 aromatic heterocycles. The lowest BCUT2D eigenvalue weighted by atomic mass is 9.87. The quantitative estimate of drug-likeness (QED) is 0.765. The lowest BCUT2D eigenvalue weighted by Gasteiger charge is -2.42. The van der Waals surface area contributed by atoms with Crippen LogP contribution in [0.15, 0.2) is 24.5 Å². The molecule has 1 aromatic carbocycles. The monoisotopic (exact) mass is 393 g/mol. The Kier molecular flexibility index (Phi) is 5.31. The van der Waals surface area contributed by atoms with Gasteiger partial charge in [-0.3, -0.25) is 4.90 Å². The van der Waals surface area contributed by atoms with E-state index in [4.69, 9.17) is 5.73 Å². The summed E-state index contributed by atoms with van der Waals surface area (Å²) in [5, 5.41) is 4.40. The summed E-state index contributed by atoms with van der Waals surface area (Å²) < 4.78 is 39.3. The van der Waals surface area contributed by atoms with Crippen molar-refractivity contribution in [2.45, 2.75) is 56.8 Å². The van der Waals surface area contributed by atoms with Gasteiger partial charge in [0.05, 0.1) is 11.4 Å². The van der Waals surface area contributed by atoms with Crippen molar-refractivity contribution >= 4 is 22.4 Å². The molecule has 1 aliphatic carbocycles. The number of aromatic nitrogens is 2. The van der Waals surface area contributed by atoms with Gasteiger partial charge in [0.25, 0.3) is 0 Å². The van der Waals surface area contributed by atoms with E-state index in [0.29, 0.717) is 12.1 Å². The predicted octanol–water partition coefficient (Wildman–Crippen LogP) is 4.21. The van der Waals surface area contributed by atoms with Crippen LogP contribution >= 0.6 is 0 Å². The molecule has 4 rings (SSSR count). The maximum absolute atomic E-state index is 13.1. The molecule has 8 heteroatoms. The van der Waals surface area contributed by atoms with Crippen LogP contribution in [0.1, 0.15) is 38.5 Å². The van der Waals surface area contributed by atoms with Crippen LogP contribution in [0.3, 0.4) is 0 Å². The van der Waals surface area contributed by atoms with E-state index in [2.05, 4.69) is 20.2 Å². The molecule has 3 N–H and O–H groups in total. The van der Waals surface area contributed by atoms with Crippen molar-refractivity contribution in [2.24, 2.45) is 5.92 Å². The van der Waals surface area contributed by atoms with Gasteiger partial charge in [0, 0.05) is 29.7 Å². The van der Waals surface area contributed by atoms with Gasteiger partial charge in [0.15, 0.2) is 0 Å². The number of benzene rings is 1. The number of nitrogens with two attached hydrogens (primary N) is 1. The highest BCUT2D eigenvalue weighted by Crippen LogP contribution is 2.36. The van der Waals surface area contributed by atoms with Gasteiger partial charge in [-0.25, -0.2) is 9.97 Å². The summed E-state index contributed by atoms with van der Waals surface area (Å²) in [5.41, 5.74) is 7.40. The van der Waals surface area contributed by atoms with E-state index in [0.717, 1.165) is 48.9 Å². The Morgan fingerprint density at radius 3 is 2.61 bits per heavy atom. The number of fused-ring (bicyclic) bond motifs is 1. The number of hydrogen-bond donors (Lipinski definition) is 2. The molecule has 28 heavy (non-hydrogen) atoms. The highest BCUT2D eigenvalue weighted by atomic mass is 19.4. The first-order chi connectivity index (χ1) is 13.4. The van der Waals surface area contributed by atoms with Gasteiger partial charge < -0.3 is 11.1 Å². The average Bonchev–Trinajstić information content (AvgIpc) is 2.68. The summed E-state index contributed by atoms with van der Waals surface area (Å²) in [6.07, 6.45) is 2.03. The summed E-state index contributed by atoms with van der Waals surface area (Å²) >= 11 is 0. The largest absolute Gasteiger partial charge is 0.399 e. The third-order valence-electron chi connectivity index (χ3n) is 6.13. The summed E-state index contributed by atoms with van der Waals surface area (Å²) in [5.74, 6) is -0.397. The molecular formula is C20H26F3N5. The molecule has 0 bridgehead atoms. The zero-order valence-corrected chi connectivity index (χ0v) is 15.8. The van der Waals surface area contributed by atoms with Gasteiger partial charge >= 0.3 is 6.18 Å². The van der Waals surface area contributed by atoms with Crippen molar-refractivity contribution in [3.8, 4) is 0 Å². The van der Waals surface area contributed by atoms with E-state index < -0.39 is 12.1 Å². The van der Waals surface area contributed by atoms with Crippen LogP contribution < -0.4 is 11.1 Å². The van der Waals surface area contributed by atoms with Crippen LogP contribution in [0, 0.1) is 5.92 Å². The second kappa shape index (κ2) is 7.73. The molecule has 1 saturated carbocycles. The highest BCUT2D eigenvalue weighted by molar-refractivity contribution is 5.91. The van der Waals surface area contributed by atoms with Gasteiger partial charge in [-0.2, -0.15) is 13.2 Å². The van der Waals surface area contributed by atoms with Gasteiger partial charge in [-0.15, -0.1) is 0 Å². The number of anilines is 2. The fourth-order valence-corrected chi connectivity index (χ4v) is 4.57. The molecule has 1 atom stereocenters. The van der Waals surface area contributed by atoms with Gasteiger partial charge in [0.2, 0.25) is 0 Å². The van der Waals surface area contributed by atoms with Crippen LogP contribution in [0.2, 0.25) is 0 Å². The van der Waals surface area contributed by atoms with Crippen molar-refractivity contribution in [2.75, 3.05) is 24.1 Å². The molecule has 0 spiro atoms. The van der Waals surface area contributed by atoms with Crippen LogP contribution in [0.5, 0.6) is 0 Å². The van der Waals surface area contributed by atoms with Crippen molar-refractivity contribution in [1.29, 1.82) is 0 Å². The Balaban J connectivity index is 1.37. The Bertz CT molecular complexity index is 817. The first-order valence-corrected chi connectivity index (χ1v) is 9.97. The SMILES string of the molecule is Nc1ccc2ncnc(NC3CCC(N4CCCC(C(F)(F)F)C4)CC3)c2c1. The minimum atomic E-state index is -4.08.